The van der Waals surface area contributed by atoms with Crippen LogP contribution in [0, 0.1) is 0 Å². The molecule has 114 valence electrons. The van der Waals surface area contributed by atoms with Crippen LogP contribution < -0.4 is 0 Å². The van der Waals surface area contributed by atoms with Crippen molar-refractivity contribution < 1.29 is 39.5 Å². The lowest BCUT2D eigenvalue weighted by molar-refractivity contribution is -0.309. The van der Waals surface area contributed by atoms with Crippen LogP contribution >= 0.6 is 34.8 Å². The molecular formula is C7H2Cl3F9. The van der Waals surface area contributed by atoms with Gasteiger partial charge in [0.15, 0.2) is 0 Å². The summed E-state index contributed by atoms with van der Waals surface area (Å²) in [6.07, 6.45) is -11.5. The molecule has 0 aromatic carbocycles. The van der Waals surface area contributed by atoms with E-state index in [9.17, 15) is 39.5 Å². The second kappa shape index (κ2) is 5.40. The Morgan fingerprint density at radius 3 is 1.53 bits per heavy atom. The van der Waals surface area contributed by atoms with Crippen molar-refractivity contribution >= 4 is 34.8 Å². The number of allylic oxidation sites excluding steroid dienone is 1. The van der Waals surface area contributed by atoms with Gasteiger partial charge in [0.1, 0.15) is 0 Å². The van der Waals surface area contributed by atoms with E-state index < -0.39 is 39.9 Å². The third-order valence-corrected chi connectivity index (χ3v) is 2.77. The maximum absolute atomic E-state index is 13.5. The van der Waals surface area contributed by atoms with Gasteiger partial charge in [-0.25, -0.2) is 8.78 Å². The quantitative estimate of drug-likeness (QED) is 0.465. The molecule has 0 heterocycles. The average Bonchev–Trinajstić information content (AvgIpc) is 2.22. The Kier molecular flexibility index (Phi) is 5.40. The third-order valence-electron chi connectivity index (χ3n) is 1.88. The molecule has 0 aromatic rings. The molecule has 0 nitrogen and oxygen atoms in total. The van der Waals surface area contributed by atoms with Gasteiger partial charge in [-0.3, -0.25) is 0 Å². The Morgan fingerprint density at radius 1 is 0.947 bits per heavy atom. The Bertz CT molecular complexity index is 358. The van der Waals surface area contributed by atoms with E-state index in [1.54, 1.807) is 0 Å². The largest absolute Gasteiger partial charge is 0.433 e. The monoisotopic (exact) mass is 362 g/mol. The Hall–Kier alpha value is -0.0200. The number of alkyl halides is 10. The molecule has 0 rings (SSSR count). The first-order valence-electron chi connectivity index (χ1n) is 3.94. The summed E-state index contributed by atoms with van der Waals surface area (Å²) < 4.78 is 114. The molecule has 0 amide bonds. The second-order valence-corrected chi connectivity index (χ2v) is 4.27. The van der Waals surface area contributed by atoms with E-state index >= 15 is 0 Å². The number of hydrogen-bond acceptors (Lipinski definition) is 0. The summed E-state index contributed by atoms with van der Waals surface area (Å²) >= 11 is 12.9. The normalized spacial score (nSPS) is 20.1. The van der Waals surface area contributed by atoms with Crippen LogP contribution in [0.5, 0.6) is 0 Å². The summed E-state index contributed by atoms with van der Waals surface area (Å²) in [7, 11) is 0. The SMILES string of the molecule is FC(C(F)(F)Cl)C(F)(F)C(F)(C(Cl)=CCl)C(F)(F)F. The van der Waals surface area contributed by atoms with E-state index in [4.69, 9.17) is 0 Å². The van der Waals surface area contributed by atoms with Crippen molar-refractivity contribution in [1.29, 1.82) is 0 Å². The van der Waals surface area contributed by atoms with Crippen LogP contribution in [0.2, 0.25) is 0 Å². The highest BCUT2D eigenvalue weighted by atomic mass is 35.5. The number of hydrogen-bond donors (Lipinski definition) is 0. The van der Waals surface area contributed by atoms with Crippen molar-refractivity contribution in [3.8, 4) is 0 Å². The molecule has 0 N–H and O–H groups in total. The molecule has 0 aliphatic heterocycles. The molecule has 0 bridgehead atoms. The van der Waals surface area contributed by atoms with Crippen LogP contribution in [-0.2, 0) is 0 Å². The molecule has 12 heteroatoms. The van der Waals surface area contributed by atoms with Gasteiger partial charge < -0.3 is 0 Å². The molecule has 0 radical (unpaired) electrons. The first kappa shape index (κ1) is 19.0. The lowest BCUT2D eigenvalue weighted by Gasteiger charge is -2.36. The highest BCUT2D eigenvalue weighted by Crippen LogP contribution is 2.55. The van der Waals surface area contributed by atoms with Crippen LogP contribution in [-0.4, -0.2) is 29.3 Å². The molecule has 19 heavy (non-hydrogen) atoms. The van der Waals surface area contributed by atoms with Crippen molar-refractivity contribution in [2.45, 2.75) is 29.3 Å². The van der Waals surface area contributed by atoms with Crippen molar-refractivity contribution in [3.63, 3.8) is 0 Å². The van der Waals surface area contributed by atoms with E-state index in [-0.39, 0.29) is 0 Å². The molecule has 2 atom stereocenters. The summed E-state index contributed by atoms with van der Waals surface area (Å²) in [5.74, 6) is -6.32. The van der Waals surface area contributed by atoms with Gasteiger partial charge in [0.25, 0.3) is 0 Å². The molecule has 0 aliphatic rings. The summed E-state index contributed by atoms with van der Waals surface area (Å²) in [6.45, 7) is 0. The fourth-order valence-electron chi connectivity index (χ4n) is 0.939. The average molecular weight is 363 g/mol. The minimum absolute atomic E-state index is 0.484. The first-order chi connectivity index (χ1) is 8.14. The summed E-state index contributed by atoms with van der Waals surface area (Å²) in [4.78, 5) is 0. The Morgan fingerprint density at radius 2 is 1.32 bits per heavy atom. The molecule has 0 saturated heterocycles. The van der Waals surface area contributed by atoms with Crippen molar-refractivity contribution in [2.75, 3.05) is 0 Å². The van der Waals surface area contributed by atoms with E-state index in [1.807, 2.05) is 0 Å². The van der Waals surface area contributed by atoms with Crippen molar-refractivity contribution in [3.05, 3.63) is 10.6 Å². The molecule has 0 fully saturated rings. The molecular weight excluding hydrogens is 361 g/mol. The van der Waals surface area contributed by atoms with Gasteiger partial charge in [0, 0.05) is 5.54 Å². The zero-order valence-corrected chi connectivity index (χ0v) is 10.5. The second-order valence-electron chi connectivity index (χ2n) is 3.14. The number of halogens is 12. The van der Waals surface area contributed by atoms with Gasteiger partial charge in [0.2, 0.25) is 6.17 Å². The highest BCUT2D eigenvalue weighted by molar-refractivity contribution is 6.37. The van der Waals surface area contributed by atoms with Gasteiger partial charge in [-0.15, -0.1) is 0 Å². The predicted molar refractivity (Wildman–Crippen MR) is 50.3 cm³/mol. The minimum atomic E-state index is -6.52. The topological polar surface area (TPSA) is 0 Å². The molecule has 0 aromatic heterocycles. The third kappa shape index (κ3) is 3.18. The Balaban J connectivity index is 6.05. The van der Waals surface area contributed by atoms with Crippen LogP contribution in [0.15, 0.2) is 10.6 Å². The highest BCUT2D eigenvalue weighted by Gasteiger charge is 2.79. The van der Waals surface area contributed by atoms with E-state index in [0.717, 1.165) is 0 Å². The van der Waals surface area contributed by atoms with Crippen molar-refractivity contribution in [2.24, 2.45) is 0 Å². The van der Waals surface area contributed by atoms with Gasteiger partial charge in [-0.1, -0.05) is 23.2 Å². The zero-order chi connectivity index (χ0) is 15.9. The fraction of sp³-hybridized carbons (Fsp3) is 0.714. The lowest BCUT2D eigenvalue weighted by atomic mass is 9.92. The van der Waals surface area contributed by atoms with Gasteiger partial charge in [-0.05, 0) is 11.6 Å². The predicted octanol–water partition coefficient (Wildman–Crippen LogP) is 5.38. The van der Waals surface area contributed by atoms with Crippen LogP contribution in [0.3, 0.4) is 0 Å². The summed E-state index contributed by atoms with van der Waals surface area (Å²) in [5, 5.41) is -7.88. The smallest absolute Gasteiger partial charge is 0.232 e. The Labute approximate surface area is 115 Å². The molecule has 0 saturated carbocycles. The fourth-order valence-corrected chi connectivity index (χ4v) is 1.46. The first-order valence-corrected chi connectivity index (χ1v) is 5.13. The minimum Gasteiger partial charge on any atom is -0.232 e. The van der Waals surface area contributed by atoms with E-state index in [0.29, 0.717) is 0 Å². The summed E-state index contributed by atoms with van der Waals surface area (Å²) in [5.41, 5.74) is -6.44. The van der Waals surface area contributed by atoms with E-state index in [2.05, 4.69) is 34.8 Å². The number of rotatable bonds is 4. The van der Waals surface area contributed by atoms with Crippen LogP contribution in [0.25, 0.3) is 0 Å². The maximum Gasteiger partial charge on any atom is 0.433 e. The van der Waals surface area contributed by atoms with Gasteiger partial charge in [0.05, 0.1) is 5.03 Å². The van der Waals surface area contributed by atoms with E-state index in [1.165, 1.54) is 0 Å². The molecule has 0 spiro atoms. The standard InChI is InChI=1S/C7H2Cl3F9/c8-1-2(9)4(12,7(17,18)19)5(13,14)3(11)6(10,15)16/h1,3H. The zero-order valence-electron chi connectivity index (χ0n) is 8.19. The van der Waals surface area contributed by atoms with Crippen LogP contribution in [0.1, 0.15) is 0 Å². The van der Waals surface area contributed by atoms with Crippen LogP contribution in [0.4, 0.5) is 39.5 Å². The van der Waals surface area contributed by atoms with Gasteiger partial charge >= 0.3 is 23.1 Å². The lowest BCUT2D eigenvalue weighted by Crippen LogP contribution is -2.62. The molecule has 2 unspecified atom stereocenters. The van der Waals surface area contributed by atoms with Gasteiger partial charge in [-0.2, -0.15) is 30.7 Å². The van der Waals surface area contributed by atoms with Crippen molar-refractivity contribution in [1.82, 2.24) is 0 Å². The maximum atomic E-state index is 13.5. The summed E-state index contributed by atoms with van der Waals surface area (Å²) in [6, 6.07) is 0. The molecule has 0 aliphatic carbocycles.